The highest BCUT2D eigenvalue weighted by Crippen LogP contribution is 2.32. The molecule has 3 heterocycles. The van der Waals surface area contributed by atoms with Gasteiger partial charge in [-0.3, -0.25) is 4.90 Å². The van der Waals surface area contributed by atoms with E-state index in [-0.39, 0.29) is 41.9 Å². The molecule has 4 aromatic rings. The van der Waals surface area contributed by atoms with Gasteiger partial charge in [-0.1, -0.05) is 18.2 Å². The van der Waals surface area contributed by atoms with Crippen LogP contribution in [0.1, 0.15) is 18.3 Å². The molecule has 0 spiro atoms. The van der Waals surface area contributed by atoms with Gasteiger partial charge in [-0.15, -0.1) is 0 Å². The standard InChI is InChI=1S/C21H21FN8O2/c1-3-29(21(31)32-2)17-18(23)27-20(28-19(17)24)16-14-9-6-10-25-30(14)15(26-16)11-12-7-4-5-8-13(12)22/h4-10H,3,11H2,1-2H3,(H4,23,24,27,28). The maximum absolute atomic E-state index is 14.2. The topological polar surface area (TPSA) is 138 Å². The van der Waals surface area contributed by atoms with Crippen molar-refractivity contribution in [3.8, 4) is 11.5 Å². The third-order valence-corrected chi connectivity index (χ3v) is 4.92. The molecule has 4 N–H and O–H groups in total. The van der Waals surface area contributed by atoms with E-state index in [2.05, 4.69) is 20.1 Å². The van der Waals surface area contributed by atoms with Crippen LogP contribution in [0, 0.1) is 5.82 Å². The van der Waals surface area contributed by atoms with Crippen LogP contribution in [-0.4, -0.2) is 44.3 Å². The third kappa shape index (κ3) is 3.64. The van der Waals surface area contributed by atoms with Gasteiger partial charge in [0, 0.05) is 19.2 Å². The Hall–Kier alpha value is -4.28. The second-order valence-corrected chi connectivity index (χ2v) is 6.85. The summed E-state index contributed by atoms with van der Waals surface area (Å²) in [5.41, 5.74) is 13.9. The Morgan fingerprint density at radius 3 is 2.50 bits per heavy atom. The van der Waals surface area contributed by atoms with E-state index in [9.17, 15) is 9.18 Å². The molecule has 0 atom stereocenters. The summed E-state index contributed by atoms with van der Waals surface area (Å²) in [5, 5.41) is 4.34. The largest absolute Gasteiger partial charge is 0.452 e. The summed E-state index contributed by atoms with van der Waals surface area (Å²) in [6.45, 7) is 2.00. The van der Waals surface area contributed by atoms with Crippen LogP contribution >= 0.6 is 0 Å². The number of ether oxygens (including phenoxy) is 1. The van der Waals surface area contributed by atoms with Crippen LogP contribution in [0.15, 0.2) is 42.6 Å². The lowest BCUT2D eigenvalue weighted by Crippen LogP contribution is -2.32. The van der Waals surface area contributed by atoms with E-state index < -0.39 is 6.09 Å². The Bertz CT molecular complexity index is 1280. The molecule has 1 amide bonds. The minimum Gasteiger partial charge on any atom is -0.452 e. The molecule has 0 aliphatic heterocycles. The van der Waals surface area contributed by atoms with Crippen LogP contribution in [0.3, 0.4) is 0 Å². The Labute approximate surface area is 182 Å². The number of nitrogen functional groups attached to an aromatic ring is 2. The second-order valence-electron chi connectivity index (χ2n) is 6.85. The highest BCUT2D eigenvalue weighted by atomic mass is 19.1. The minimum absolute atomic E-state index is 0.000411. The number of nitrogens with two attached hydrogens (primary N) is 2. The van der Waals surface area contributed by atoms with E-state index in [4.69, 9.17) is 16.2 Å². The van der Waals surface area contributed by atoms with Crippen LogP contribution < -0.4 is 16.4 Å². The van der Waals surface area contributed by atoms with Gasteiger partial charge in [0.15, 0.2) is 17.5 Å². The number of hydrogen-bond acceptors (Lipinski definition) is 8. The molecule has 0 radical (unpaired) electrons. The number of anilines is 3. The second kappa shape index (κ2) is 8.46. The Kier molecular flexibility index (Phi) is 5.54. The normalized spacial score (nSPS) is 11.0. The van der Waals surface area contributed by atoms with Crippen molar-refractivity contribution in [2.75, 3.05) is 30.0 Å². The fourth-order valence-electron chi connectivity index (χ4n) is 3.44. The number of methoxy groups -OCH3 is 1. The first-order valence-corrected chi connectivity index (χ1v) is 9.79. The molecule has 0 saturated carbocycles. The fraction of sp³-hybridized carbons (Fsp3) is 0.190. The van der Waals surface area contributed by atoms with Gasteiger partial charge >= 0.3 is 6.09 Å². The highest BCUT2D eigenvalue weighted by molar-refractivity contribution is 5.95. The first-order valence-electron chi connectivity index (χ1n) is 9.79. The van der Waals surface area contributed by atoms with Crippen molar-refractivity contribution in [2.45, 2.75) is 13.3 Å². The predicted octanol–water partition coefficient (Wildman–Crippen LogP) is 2.67. The smallest absolute Gasteiger partial charge is 0.414 e. The number of nitrogens with zero attached hydrogens (tertiary/aromatic N) is 6. The Morgan fingerprint density at radius 2 is 1.84 bits per heavy atom. The van der Waals surface area contributed by atoms with Gasteiger partial charge in [-0.05, 0) is 30.7 Å². The molecule has 1 aromatic carbocycles. The molecular formula is C21H21FN8O2. The van der Waals surface area contributed by atoms with Crippen LogP contribution in [0.5, 0.6) is 0 Å². The molecule has 10 nitrogen and oxygen atoms in total. The zero-order valence-electron chi connectivity index (χ0n) is 17.5. The summed E-state index contributed by atoms with van der Waals surface area (Å²) >= 11 is 0. The van der Waals surface area contributed by atoms with Gasteiger partial charge in [-0.2, -0.15) is 5.10 Å². The van der Waals surface area contributed by atoms with Gasteiger partial charge in [-0.25, -0.2) is 28.7 Å². The monoisotopic (exact) mass is 436 g/mol. The lowest BCUT2D eigenvalue weighted by molar-refractivity contribution is 0.179. The molecule has 0 aliphatic rings. The molecule has 0 unspecified atom stereocenters. The number of hydrogen-bond donors (Lipinski definition) is 2. The molecule has 32 heavy (non-hydrogen) atoms. The first kappa shape index (κ1) is 21.0. The van der Waals surface area contributed by atoms with Crippen LogP contribution in [-0.2, 0) is 11.2 Å². The average Bonchev–Trinajstić information content (AvgIpc) is 3.15. The quantitative estimate of drug-likeness (QED) is 0.487. The third-order valence-electron chi connectivity index (χ3n) is 4.92. The number of halogens is 1. The van der Waals surface area contributed by atoms with Crippen molar-refractivity contribution in [1.82, 2.24) is 24.6 Å². The summed E-state index contributed by atoms with van der Waals surface area (Å²) in [6.07, 6.45) is 1.18. The van der Waals surface area contributed by atoms with E-state index in [1.807, 2.05) is 0 Å². The summed E-state index contributed by atoms with van der Waals surface area (Å²) in [6, 6.07) is 9.99. The Balaban J connectivity index is 1.82. The summed E-state index contributed by atoms with van der Waals surface area (Å²) in [4.78, 5) is 26.6. The predicted molar refractivity (Wildman–Crippen MR) is 117 cm³/mol. The molecule has 0 saturated heterocycles. The fourth-order valence-corrected chi connectivity index (χ4v) is 3.44. The molecule has 3 aromatic heterocycles. The molecule has 164 valence electrons. The number of aromatic nitrogens is 5. The number of benzene rings is 1. The van der Waals surface area contributed by atoms with Crippen molar-refractivity contribution >= 4 is 28.9 Å². The molecule has 4 rings (SSSR count). The molecular weight excluding hydrogens is 415 g/mol. The van der Waals surface area contributed by atoms with Gasteiger partial charge in [0.05, 0.1) is 12.6 Å². The van der Waals surface area contributed by atoms with Crippen molar-refractivity contribution < 1.29 is 13.9 Å². The van der Waals surface area contributed by atoms with E-state index in [1.54, 1.807) is 48.0 Å². The molecule has 0 bridgehead atoms. The van der Waals surface area contributed by atoms with Gasteiger partial charge < -0.3 is 16.2 Å². The number of rotatable bonds is 5. The Morgan fingerprint density at radius 1 is 1.12 bits per heavy atom. The zero-order valence-corrected chi connectivity index (χ0v) is 17.5. The summed E-state index contributed by atoms with van der Waals surface area (Å²) < 4.78 is 20.6. The number of amides is 1. The number of carbonyl (C=O) groups is 1. The maximum Gasteiger partial charge on any atom is 0.414 e. The van der Waals surface area contributed by atoms with Crippen molar-refractivity contribution in [1.29, 1.82) is 0 Å². The summed E-state index contributed by atoms with van der Waals surface area (Å²) in [5.74, 6) is 0.324. The van der Waals surface area contributed by atoms with E-state index in [0.717, 1.165) is 0 Å². The van der Waals surface area contributed by atoms with Gasteiger partial charge in [0.2, 0.25) is 0 Å². The van der Waals surface area contributed by atoms with E-state index >= 15 is 0 Å². The van der Waals surface area contributed by atoms with E-state index in [1.165, 1.54) is 18.1 Å². The van der Waals surface area contributed by atoms with Crippen molar-refractivity contribution in [3.63, 3.8) is 0 Å². The lowest BCUT2D eigenvalue weighted by atomic mass is 10.1. The lowest BCUT2D eigenvalue weighted by Gasteiger charge is -2.21. The minimum atomic E-state index is -0.633. The summed E-state index contributed by atoms with van der Waals surface area (Å²) in [7, 11) is 1.26. The number of fused-ring (bicyclic) bond motifs is 1. The highest BCUT2D eigenvalue weighted by Gasteiger charge is 2.24. The first-order chi connectivity index (χ1) is 15.4. The average molecular weight is 436 g/mol. The van der Waals surface area contributed by atoms with Crippen molar-refractivity contribution in [3.05, 3.63) is 59.8 Å². The van der Waals surface area contributed by atoms with Crippen LogP contribution in [0.25, 0.3) is 17.0 Å². The molecule has 11 heteroatoms. The number of imidazole rings is 1. The number of carbonyl (C=O) groups excluding carboxylic acids is 1. The zero-order chi connectivity index (χ0) is 22.8. The van der Waals surface area contributed by atoms with E-state index in [0.29, 0.717) is 22.6 Å². The van der Waals surface area contributed by atoms with Gasteiger partial charge in [0.25, 0.3) is 0 Å². The molecule has 0 aliphatic carbocycles. The van der Waals surface area contributed by atoms with Crippen molar-refractivity contribution in [2.24, 2.45) is 0 Å². The van der Waals surface area contributed by atoms with Gasteiger partial charge in [0.1, 0.15) is 23.0 Å². The SMILES string of the molecule is CCN(C(=O)OC)c1c(N)nc(-c2nc(Cc3ccccc3F)n3ncccc23)nc1N. The molecule has 0 fully saturated rings. The van der Waals surface area contributed by atoms with Crippen LogP contribution in [0.2, 0.25) is 0 Å². The maximum atomic E-state index is 14.2. The van der Waals surface area contributed by atoms with Crippen LogP contribution in [0.4, 0.5) is 26.5 Å².